The maximum atomic E-state index is 11.2. The average molecular weight is 219 g/mol. The van der Waals surface area contributed by atoms with Gasteiger partial charge in [-0.1, -0.05) is 0 Å². The van der Waals surface area contributed by atoms with Crippen LogP contribution in [0.3, 0.4) is 0 Å². The highest BCUT2D eigenvalue weighted by atomic mass is 16.5. The van der Waals surface area contributed by atoms with Crippen molar-refractivity contribution in [3.8, 4) is 5.88 Å². The summed E-state index contributed by atoms with van der Waals surface area (Å²) in [5.74, 6) is -0.439. The Morgan fingerprint density at radius 3 is 2.69 bits per heavy atom. The molecule has 0 saturated heterocycles. The second-order valence-corrected chi connectivity index (χ2v) is 3.25. The second-order valence-electron chi connectivity index (χ2n) is 3.25. The molecule has 0 fully saturated rings. The Morgan fingerprint density at radius 1 is 1.31 bits per heavy atom. The molecule has 0 aliphatic rings. The number of aromatic nitrogens is 3. The highest BCUT2D eigenvalue weighted by Gasteiger charge is 2.08. The fourth-order valence-corrected chi connectivity index (χ4v) is 1.36. The molecule has 0 amide bonds. The van der Waals surface area contributed by atoms with Gasteiger partial charge in [-0.3, -0.25) is 9.59 Å². The van der Waals surface area contributed by atoms with Gasteiger partial charge >= 0.3 is 5.97 Å². The van der Waals surface area contributed by atoms with E-state index in [-0.39, 0.29) is 11.8 Å². The number of esters is 1. The minimum atomic E-state index is -0.439. The molecule has 16 heavy (non-hydrogen) atoms. The molecular formula is C10H9N3O3. The van der Waals surface area contributed by atoms with E-state index >= 15 is 0 Å². The van der Waals surface area contributed by atoms with Crippen LogP contribution >= 0.6 is 0 Å². The minimum Gasteiger partial charge on any atom is -0.408 e. The molecular weight excluding hydrogens is 210 g/mol. The van der Waals surface area contributed by atoms with E-state index in [0.717, 1.165) is 0 Å². The quantitative estimate of drug-likeness (QED) is 0.669. The van der Waals surface area contributed by atoms with Crippen LogP contribution in [0.2, 0.25) is 0 Å². The van der Waals surface area contributed by atoms with Crippen molar-refractivity contribution < 1.29 is 14.3 Å². The van der Waals surface area contributed by atoms with E-state index in [2.05, 4.69) is 10.1 Å². The standard InChI is InChI=1S/C10H9N3O3/c1-6(14)13-9-5-11-10(16-7(2)15)3-8(9)4-12-13/h3-5H,1-2H3. The highest BCUT2D eigenvalue weighted by molar-refractivity contribution is 5.89. The molecule has 0 aliphatic carbocycles. The van der Waals surface area contributed by atoms with E-state index in [1.54, 1.807) is 6.07 Å². The van der Waals surface area contributed by atoms with Crippen molar-refractivity contribution in [3.05, 3.63) is 18.5 Å². The third-order valence-electron chi connectivity index (χ3n) is 1.98. The van der Waals surface area contributed by atoms with Crippen molar-refractivity contribution in [1.29, 1.82) is 0 Å². The van der Waals surface area contributed by atoms with E-state index in [4.69, 9.17) is 4.74 Å². The molecule has 2 aromatic rings. The number of rotatable bonds is 1. The van der Waals surface area contributed by atoms with E-state index in [9.17, 15) is 9.59 Å². The van der Waals surface area contributed by atoms with Gasteiger partial charge in [0, 0.05) is 25.3 Å². The molecule has 0 bridgehead atoms. The lowest BCUT2D eigenvalue weighted by Crippen LogP contribution is -2.07. The summed E-state index contributed by atoms with van der Waals surface area (Å²) in [6, 6.07) is 1.56. The lowest BCUT2D eigenvalue weighted by molar-refractivity contribution is -0.132. The number of hydrogen-bond donors (Lipinski definition) is 0. The lowest BCUT2D eigenvalue weighted by Gasteiger charge is -2.00. The first-order chi connectivity index (χ1) is 7.58. The molecule has 0 N–H and O–H groups in total. The van der Waals surface area contributed by atoms with Gasteiger partial charge in [0.2, 0.25) is 11.8 Å². The molecule has 0 unspecified atom stereocenters. The van der Waals surface area contributed by atoms with Crippen LogP contribution in [0.5, 0.6) is 5.88 Å². The Balaban J connectivity index is 2.49. The van der Waals surface area contributed by atoms with Crippen LogP contribution in [0, 0.1) is 0 Å². The SMILES string of the molecule is CC(=O)Oc1cc2cnn(C(C)=O)c2cn1. The number of hydrogen-bond acceptors (Lipinski definition) is 5. The van der Waals surface area contributed by atoms with Gasteiger partial charge in [-0.15, -0.1) is 0 Å². The summed E-state index contributed by atoms with van der Waals surface area (Å²) in [6.07, 6.45) is 2.97. The molecule has 2 heterocycles. The number of carbonyl (C=O) groups excluding carboxylic acids is 2. The monoisotopic (exact) mass is 219 g/mol. The first-order valence-corrected chi connectivity index (χ1v) is 4.61. The van der Waals surface area contributed by atoms with Crippen molar-refractivity contribution in [3.63, 3.8) is 0 Å². The fraction of sp³-hybridized carbons (Fsp3) is 0.200. The summed E-state index contributed by atoms with van der Waals surface area (Å²) in [7, 11) is 0. The zero-order valence-corrected chi connectivity index (χ0v) is 8.80. The van der Waals surface area contributed by atoms with Crippen LogP contribution in [0.4, 0.5) is 0 Å². The van der Waals surface area contributed by atoms with Gasteiger partial charge in [-0.25, -0.2) is 4.98 Å². The van der Waals surface area contributed by atoms with Crippen LogP contribution in [-0.4, -0.2) is 26.6 Å². The van der Waals surface area contributed by atoms with E-state index in [0.29, 0.717) is 10.9 Å². The summed E-state index contributed by atoms with van der Waals surface area (Å²) in [5.41, 5.74) is 0.586. The van der Waals surface area contributed by atoms with Crippen LogP contribution < -0.4 is 4.74 Å². The molecule has 0 atom stereocenters. The Bertz CT molecular complexity index is 574. The van der Waals surface area contributed by atoms with Crippen LogP contribution in [0.25, 0.3) is 10.9 Å². The molecule has 2 rings (SSSR count). The van der Waals surface area contributed by atoms with Gasteiger partial charge in [0.25, 0.3) is 0 Å². The largest absolute Gasteiger partial charge is 0.408 e. The molecule has 0 aromatic carbocycles. The van der Waals surface area contributed by atoms with Crippen LogP contribution in [0.15, 0.2) is 18.5 Å². The van der Waals surface area contributed by atoms with Crippen LogP contribution in [-0.2, 0) is 4.79 Å². The van der Waals surface area contributed by atoms with Gasteiger partial charge in [-0.05, 0) is 0 Å². The van der Waals surface area contributed by atoms with Crippen molar-refractivity contribution in [2.75, 3.05) is 0 Å². The molecule has 0 aliphatic heterocycles. The molecule has 6 nitrogen and oxygen atoms in total. The highest BCUT2D eigenvalue weighted by Crippen LogP contribution is 2.17. The first-order valence-electron chi connectivity index (χ1n) is 4.61. The number of fused-ring (bicyclic) bond motifs is 1. The van der Waals surface area contributed by atoms with Gasteiger partial charge < -0.3 is 4.74 Å². The summed E-state index contributed by atoms with van der Waals surface area (Å²) in [5, 5.41) is 4.60. The van der Waals surface area contributed by atoms with Crippen LogP contribution in [0.1, 0.15) is 18.6 Å². The summed E-state index contributed by atoms with van der Waals surface area (Å²) < 4.78 is 6.06. The van der Waals surface area contributed by atoms with E-state index in [1.165, 1.54) is 30.9 Å². The summed E-state index contributed by atoms with van der Waals surface area (Å²) in [6.45, 7) is 2.71. The number of pyridine rings is 1. The molecule has 6 heteroatoms. The Labute approximate surface area is 90.8 Å². The van der Waals surface area contributed by atoms with Crippen molar-refractivity contribution in [1.82, 2.24) is 14.8 Å². The van der Waals surface area contributed by atoms with Crippen molar-refractivity contribution in [2.45, 2.75) is 13.8 Å². The predicted molar refractivity (Wildman–Crippen MR) is 55.1 cm³/mol. The lowest BCUT2D eigenvalue weighted by atomic mass is 10.3. The Kier molecular flexibility index (Phi) is 2.40. The summed E-state index contributed by atoms with van der Waals surface area (Å²) in [4.78, 5) is 25.8. The third kappa shape index (κ3) is 1.77. The van der Waals surface area contributed by atoms with Crippen molar-refractivity contribution in [2.24, 2.45) is 0 Å². The Morgan fingerprint density at radius 2 is 2.06 bits per heavy atom. The third-order valence-corrected chi connectivity index (χ3v) is 1.98. The maximum absolute atomic E-state index is 11.2. The molecule has 0 spiro atoms. The predicted octanol–water partition coefficient (Wildman–Crippen LogP) is 1.02. The van der Waals surface area contributed by atoms with E-state index in [1.807, 2.05) is 0 Å². The molecule has 0 radical (unpaired) electrons. The maximum Gasteiger partial charge on any atom is 0.309 e. The van der Waals surface area contributed by atoms with Gasteiger partial charge in [-0.2, -0.15) is 9.78 Å². The fourth-order valence-electron chi connectivity index (χ4n) is 1.36. The van der Waals surface area contributed by atoms with E-state index < -0.39 is 5.97 Å². The summed E-state index contributed by atoms with van der Waals surface area (Å²) >= 11 is 0. The topological polar surface area (TPSA) is 74.1 Å². The number of nitrogens with zero attached hydrogens (tertiary/aromatic N) is 3. The normalized spacial score (nSPS) is 10.4. The Hall–Kier alpha value is -2.24. The molecule has 82 valence electrons. The zero-order chi connectivity index (χ0) is 11.7. The smallest absolute Gasteiger partial charge is 0.309 e. The van der Waals surface area contributed by atoms with Gasteiger partial charge in [0.1, 0.15) is 0 Å². The first kappa shape index (κ1) is 10.3. The number of ether oxygens (including phenoxy) is 1. The van der Waals surface area contributed by atoms with Gasteiger partial charge in [0.05, 0.1) is 17.9 Å². The average Bonchev–Trinajstić information content (AvgIpc) is 2.59. The minimum absolute atomic E-state index is 0.197. The van der Waals surface area contributed by atoms with Crippen molar-refractivity contribution >= 4 is 22.8 Å². The molecule has 0 saturated carbocycles. The molecule has 2 aromatic heterocycles. The van der Waals surface area contributed by atoms with Gasteiger partial charge in [0.15, 0.2) is 0 Å². The number of carbonyl (C=O) groups is 2. The zero-order valence-electron chi connectivity index (χ0n) is 8.80. The second kappa shape index (κ2) is 3.73.